The van der Waals surface area contributed by atoms with Gasteiger partial charge in [0.05, 0.1) is 17.0 Å². The maximum Gasteiger partial charge on any atom is 0.416 e. The maximum atomic E-state index is 13.0. The molecule has 1 heterocycles. The zero-order valence-electron chi connectivity index (χ0n) is 17.3. The molecule has 0 saturated carbocycles. The van der Waals surface area contributed by atoms with E-state index >= 15 is 0 Å². The number of rotatable bonds is 6. The van der Waals surface area contributed by atoms with Crippen LogP contribution in [0.15, 0.2) is 78.9 Å². The summed E-state index contributed by atoms with van der Waals surface area (Å²) < 4.78 is 38.9. The molecular weight excluding hydrogens is 451 g/mol. The van der Waals surface area contributed by atoms with Crippen molar-refractivity contribution in [3.8, 4) is 22.5 Å². The molecule has 0 bridgehead atoms. The molecule has 4 nitrogen and oxygen atoms in total. The van der Waals surface area contributed by atoms with E-state index in [1.807, 2.05) is 24.3 Å². The Morgan fingerprint density at radius 1 is 0.939 bits per heavy atom. The predicted molar refractivity (Wildman–Crippen MR) is 122 cm³/mol. The first kappa shape index (κ1) is 22.6. The van der Waals surface area contributed by atoms with Gasteiger partial charge in [-0.2, -0.15) is 18.3 Å². The number of halogens is 4. The highest BCUT2D eigenvalue weighted by molar-refractivity contribution is 6.30. The third kappa shape index (κ3) is 5.62. The predicted octanol–water partition coefficient (Wildman–Crippen LogP) is 6.39. The number of carbonyl (C=O) groups excluding carboxylic acids is 1. The molecule has 0 radical (unpaired) electrons. The van der Waals surface area contributed by atoms with E-state index in [9.17, 15) is 18.0 Å². The molecule has 0 fully saturated rings. The Balaban J connectivity index is 1.40. The number of H-pyrrole nitrogens is 1. The Kier molecular flexibility index (Phi) is 6.51. The lowest BCUT2D eigenvalue weighted by atomic mass is 10.1. The smallest absolute Gasteiger partial charge is 0.352 e. The zero-order chi connectivity index (χ0) is 23.4. The molecule has 2 N–H and O–H groups in total. The van der Waals surface area contributed by atoms with Crippen molar-refractivity contribution in [1.29, 1.82) is 0 Å². The fourth-order valence-corrected chi connectivity index (χ4v) is 3.47. The van der Waals surface area contributed by atoms with Crippen molar-refractivity contribution in [3.05, 3.63) is 101 Å². The van der Waals surface area contributed by atoms with Crippen molar-refractivity contribution in [2.75, 3.05) is 6.54 Å². The molecule has 4 rings (SSSR count). The average Bonchev–Trinajstić information content (AvgIpc) is 3.30. The molecule has 3 aromatic carbocycles. The van der Waals surface area contributed by atoms with Gasteiger partial charge in [-0.3, -0.25) is 9.89 Å². The number of aromatic nitrogens is 2. The number of benzene rings is 3. The first-order valence-electron chi connectivity index (χ1n) is 10.2. The van der Waals surface area contributed by atoms with Gasteiger partial charge in [-0.15, -0.1) is 0 Å². The van der Waals surface area contributed by atoms with Crippen molar-refractivity contribution in [2.45, 2.75) is 12.6 Å². The number of carbonyl (C=O) groups is 1. The maximum absolute atomic E-state index is 13.0. The van der Waals surface area contributed by atoms with Crippen LogP contribution in [0.2, 0.25) is 5.02 Å². The van der Waals surface area contributed by atoms with Gasteiger partial charge in [0.2, 0.25) is 0 Å². The summed E-state index contributed by atoms with van der Waals surface area (Å²) in [5.74, 6) is -0.190. The van der Waals surface area contributed by atoms with Crippen LogP contribution < -0.4 is 5.32 Å². The van der Waals surface area contributed by atoms with Gasteiger partial charge in [-0.25, -0.2) is 0 Å². The van der Waals surface area contributed by atoms with Gasteiger partial charge >= 0.3 is 6.18 Å². The highest BCUT2D eigenvalue weighted by atomic mass is 35.5. The molecule has 0 aliphatic carbocycles. The van der Waals surface area contributed by atoms with E-state index in [2.05, 4.69) is 15.5 Å². The molecule has 0 aliphatic rings. The van der Waals surface area contributed by atoms with Crippen molar-refractivity contribution in [1.82, 2.24) is 15.5 Å². The van der Waals surface area contributed by atoms with E-state index in [-0.39, 0.29) is 5.91 Å². The third-order valence-electron chi connectivity index (χ3n) is 5.13. The van der Waals surface area contributed by atoms with Gasteiger partial charge in [0.15, 0.2) is 0 Å². The SMILES string of the molecule is O=C(NCCc1ccc(Cl)cc1)c1ccc(-c2cc(-c3cccc(C(F)(F)F)c3)n[nH]2)cc1. The molecule has 0 saturated heterocycles. The molecule has 8 heteroatoms. The van der Waals surface area contributed by atoms with E-state index in [0.717, 1.165) is 23.3 Å². The fraction of sp³-hybridized carbons (Fsp3) is 0.120. The second-order valence-corrected chi connectivity index (χ2v) is 7.89. The summed E-state index contributed by atoms with van der Waals surface area (Å²) in [5.41, 5.74) is 3.02. The minimum absolute atomic E-state index is 0.190. The van der Waals surface area contributed by atoms with Crippen molar-refractivity contribution < 1.29 is 18.0 Å². The zero-order valence-corrected chi connectivity index (χ0v) is 18.0. The molecule has 4 aromatic rings. The number of hydrogen-bond acceptors (Lipinski definition) is 2. The second kappa shape index (κ2) is 9.50. The monoisotopic (exact) mass is 469 g/mol. The summed E-state index contributed by atoms with van der Waals surface area (Å²) in [4.78, 5) is 12.4. The quantitative estimate of drug-likeness (QED) is 0.344. The highest BCUT2D eigenvalue weighted by Gasteiger charge is 2.30. The Hall–Kier alpha value is -3.58. The highest BCUT2D eigenvalue weighted by Crippen LogP contribution is 2.32. The van der Waals surface area contributed by atoms with Gasteiger partial charge in [0.1, 0.15) is 0 Å². The average molecular weight is 470 g/mol. The van der Waals surface area contributed by atoms with Crippen LogP contribution in [0.3, 0.4) is 0 Å². The fourth-order valence-electron chi connectivity index (χ4n) is 3.35. The lowest BCUT2D eigenvalue weighted by molar-refractivity contribution is -0.137. The number of nitrogens with zero attached hydrogens (tertiary/aromatic N) is 1. The van der Waals surface area contributed by atoms with Crippen molar-refractivity contribution in [2.24, 2.45) is 0 Å². The first-order chi connectivity index (χ1) is 15.8. The lowest BCUT2D eigenvalue weighted by Gasteiger charge is -2.07. The molecule has 1 amide bonds. The van der Waals surface area contributed by atoms with Crippen LogP contribution >= 0.6 is 11.6 Å². The number of amides is 1. The van der Waals surface area contributed by atoms with Gasteiger partial charge < -0.3 is 5.32 Å². The van der Waals surface area contributed by atoms with Crippen LogP contribution in [0.5, 0.6) is 0 Å². The van der Waals surface area contributed by atoms with Crippen LogP contribution in [-0.4, -0.2) is 22.6 Å². The molecular formula is C25H19ClF3N3O. The van der Waals surface area contributed by atoms with Crippen LogP contribution in [0.1, 0.15) is 21.5 Å². The third-order valence-corrected chi connectivity index (χ3v) is 5.39. The largest absolute Gasteiger partial charge is 0.416 e. The Morgan fingerprint density at radius 3 is 2.36 bits per heavy atom. The van der Waals surface area contributed by atoms with E-state index in [1.165, 1.54) is 6.07 Å². The standard InChI is InChI=1S/C25H19ClF3N3O/c26-21-10-4-16(5-11-21)12-13-30-24(33)18-8-6-17(7-9-18)22-15-23(32-31-22)19-2-1-3-20(14-19)25(27,28)29/h1-11,14-15H,12-13H2,(H,30,33)(H,31,32). The summed E-state index contributed by atoms with van der Waals surface area (Å²) >= 11 is 5.87. The van der Waals surface area contributed by atoms with E-state index < -0.39 is 11.7 Å². The Labute approximate surface area is 193 Å². The summed E-state index contributed by atoms with van der Waals surface area (Å²) in [6.45, 7) is 0.489. The topological polar surface area (TPSA) is 57.8 Å². The van der Waals surface area contributed by atoms with Gasteiger partial charge in [0, 0.05) is 22.7 Å². The normalized spacial score (nSPS) is 11.4. The molecule has 0 aliphatic heterocycles. The number of hydrogen-bond donors (Lipinski definition) is 2. The molecule has 168 valence electrons. The van der Waals surface area contributed by atoms with Crippen LogP contribution in [0.4, 0.5) is 13.2 Å². The van der Waals surface area contributed by atoms with Crippen LogP contribution in [0, 0.1) is 0 Å². The number of aromatic amines is 1. The summed E-state index contributed by atoms with van der Waals surface area (Å²) in [5, 5.41) is 10.5. The van der Waals surface area contributed by atoms with E-state index in [0.29, 0.717) is 40.5 Å². The molecule has 0 atom stereocenters. The molecule has 1 aromatic heterocycles. The summed E-state index contributed by atoms with van der Waals surface area (Å²) in [7, 11) is 0. The van der Waals surface area contributed by atoms with Gasteiger partial charge in [-0.05, 0) is 60.0 Å². The van der Waals surface area contributed by atoms with Crippen molar-refractivity contribution >= 4 is 17.5 Å². The lowest BCUT2D eigenvalue weighted by Crippen LogP contribution is -2.25. The van der Waals surface area contributed by atoms with Crippen LogP contribution in [0.25, 0.3) is 22.5 Å². The summed E-state index contributed by atoms with van der Waals surface area (Å²) in [6, 6.07) is 21.1. The Bertz CT molecular complexity index is 1250. The van der Waals surface area contributed by atoms with Gasteiger partial charge in [-0.1, -0.05) is 48.0 Å². The molecule has 0 spiro atoms. The number of nitrogens with one attached hydrogen (secondary N) is 2. The first-order valence-corrected chi connectivity index (χ1v) is 10.5. The van der Waals surface area contributed by atoms with Gasteiger partial charge in [0.25, 0.3) is 5.91 Å². The second-order valence-electron chi connectivity index (χ2n) is 7.46. The van der Waals surface area contributed by atoms with Crippen molar-refractivity contribution in [3.63, 3.8) is 0 Å². The molecule has 33 heavy (non-hydrogen) atoms. The van der Waals surface area contributed by atoms with Crippen LogP contribution in [-0.2, 0) is 12.6 Å². The summed E-state index contributed by atoms with van der Waals surface area (Å²) in [6.07, 6.45) is -3.73. The number of alkyl halides is 3. The molecule has 0 unspecified atom stereocenters. The minimum atomic E-state index is -4.42. The van der Waals surface area contributed by atoms with E-state index in [1.54, 1.807) is 36.4 Å². The van der Waals surface area contributed by atoms with E-state index in [4.69, 9.17) is 11.6 Å². The minimum Gasteiger partial charge on any atom is -0.352 e. The Morgan fingerprint density at radius 2 is 1.67 bits per heavy atom.